The minimum Gasteiger partial charge on any atom is -0.341 e. The number of benzene rings is 1. The lowest BCUT2D eigenvalue weighted by molar-refractivity contribution is -0.131. The predicted octanol–water partition coefficient (Wildman–Crippen LogP) is 2.48. The van der Waals surface area contributed by atoms with Crippen LogP contribution in [0.3, 0.4) is 0 Å². The predicted molar refractivity (Wildman–Crippen MR) is 84.1 cm³/mol. The molecule has 0 saturated carbocycles. The molecule has 1 N–H and O–H groups in total. The maximum absolute atomic E-state index is 12.2. The normalized spacial score (nSPS) is 16.1. The van der Waals surface area contributed by atoms with Gasteiger partial charge in [-0.3, -0.25) is 9.59 Å². The number of carbonyl (C=O) groups excluding carboxylic acids is 2. The van der Waals surface area contributed by atoms with Gasteiger partial charge in [0.1, 0.15) is 6.04 Å². The fourth-order valence-corrected chi connectivity index (χ4v) is 2.87. The Balaban J connectivity index is 2.03. The first-order valence-electron chi connectivity index (χ1n) is 6.57. The SMILES string of the molecule is CC(NC(=O)c1cc(S)ccc1Br)C(=O)N1CCCC1. The summed E-state index contributed by atoms with van der Waals surface area (Å²) in [6.07, 6.45) is 2.08. The Kier molecular flexibility index (Phi) is 5.10. The van der Waals surface area contributed by atoms with E-state index in [2.05, 4.69) is 33.9 Å². The van der Waals surface area contributed by atoms with E-state index in [1.54, 1.807) is 30.0 Å². The van der Waals surface area contributed by atoms with E-state index in [0.29, 0.717) is 14.9 Å². The van der Waals surface area contributed by atoms with Crippen molar-refractivity contribution in [2.75, 3.05) is 13.1 Å². The summed E-state index contributed by atoms with van der Waals surface area (Å²) in [5, 5.41) is 2.75. The number of likely N-dealkylation sites (tertiary alicyclic amines) is 1. The molecule has 1 aliphatic rings. The molecule has 1 saturated heterocycles. The van der Waals surface area contributed by atoms with Gasteiger partial charge in [-0.05, 0) is 53.9 Å². The van der Waals surface area contributed by atoms with Gasteiger partial charge in [-0.2, -0.15) is 0 Å². The number of halogens is 1. The molecule has 1 unspecified atom stereocenters. The topological polar surface area (TPSA) is 49.4 Å². The van der Waals surface area contributed by atoms with E-state index in [1.807, 2.05) is 0 Å². The van der Waals surface area contributed by atoms with Crippen molar-refractivity contribution in [2.45, 2.75) is 30.7 Å². The van der Waals surface area contributed by atoms with Crippen LogP contribution in [0.25, 0.3) is 0 Å². The highest BCUT2D eigenvalue weighted by molar-refractivity contribution is 9.10. The van der Waals surface area contributed by atoms with Crippen LogP contribution < -0.4 is 5.32 Å². The molecule has 20 heavy (non-hydrogen) atoms. The van der Waals surface area contributed by atoms with Crippen molar-refractivity contribution < 1.29 is 9.59 Å². The fraction of sp³-hybridized carbons (Fsp3) is 0.429. The van der Waals surface area contributed by atoms with E-state index < -0.39 is 6.04 Å². The van der Waals surface area contributed by atoms with Crippen LogP contribution in [0.1, 0.15) is 30.1 Å². The molecule has 1 heterocycles. The number of thiol groups is 1. The molecule has 0 radical (unpaired) electrons. The molecular formula is C14H17BrN2O2S. The Morgan fingerprint density at radius 3 is 2.65 bits per heavy atom. The number of rotatable bonds is 3. The maximum atomic E-state index is 12.2. The van der Waals surface area contributed by atoms with Gasteiger partial charge in [0.05, 0.1) is 5.56 Å². The van der Waals surface area contributed by atoms with Gasteiger partial charge in [-0.15, -0.1) is 12.6 Å². The zero-order chi connectivity index (χ0) is 14.7. The third-order valence-corrected chi connectivity index (χ3v) is 4.30. The average molecular weight is 357 g/mol. The minimum absolute atomic E-state index is 0.0194. The van der Waals surface area contributed by atoms with Crippen LogP contribution in [0.15, 0.2) is 27.6 Å². The lowest BCUT2D eigenvalue weighted by atomic mass is 10.2. The summed E-state index contributed by atoms with van der Waals surface area (Å²) in [5.41, 5.74) is 0.485. The van der Waals surface area contributed by atoms with Crippen molar-refractivity contribution in [3.63, 3.8) is 0 Å². The highest BCUT2D eigenvalue weighted by Gasteiger charge is 2.25. The van der Waals surface area contributed by atoms with Gasteiger partial charge in [0.2, 0.25) is 5.91 Å². The van der Waals surface area contributed by atoms with Gasteiger partial charge in [-0.25, -0.2) is 0 Å². The summed E-state index contributed by atoms with van der Waals surface area (Å²) in [5.74, 6) is -0.290. The fourth-order valence-electron chi connectivity index (χ4n) is 2.23. The summed E-state index contributed by atoms with van der Waals surface area (Å²) in [6, 6.07) is 4.72. The molecule has 0 aromatic heterocycles. The van der Waals surface area contributed by atoms with Crippen LogP contribution in [-0.2, 0) is 4.79 Å². The van der Waals surface area contributed by atoms with Gasteiger partial charge in [0.25, 0.3) is 5.91 Å². The molecule has 1 aromatic carbocycles. The first-order valence-corrected chi connectivity index (χ1v) is 7.81. The van der Waals surface area contributed by atoms with Crippen molar-refractivity contribution in [3.8, 4) is 0 Å². The second kappa shape index (κ2) is 6.63. The van der Waals surface area contributed by atoms with E-state index in [4.69, 9.17) is 0 Å². The summed E-state index contributed by atoms with van der Waals surface area (Å²) in [4.78, 5) is 26.9. The van der Waals surface area contributed by atoms with Crippen molar-refractivity contribution in [3.05, 3.63) is 28.2 Å². The smallest absolute Gasteiger partial charge is 0.253 e. The number of nitrogens with one attached hydrogen (secondary N) is 1. The third-order valence-electron chi connectivity index (χ3n) is 3.33. The average Bonchev–Trinajstić information content (AvgIpc) is 2.94. The lowest BCUT2D eigenvalue weighted by Crippen LogP contribution is -2.46. The van der Waals surface area contributed by atoms with Crippen LogP contribution in [0.4, 0.5) is 0 Å². The Morgan fingerprint density at radius 2 is 2.00 bits per heavy atom. The maximum Gasteiger partial charge on any atom is 0.253 e. The molecule has 6 heteroatoms. The van der Waals surface area contributed by atoms with Gasteiger partial charge < -0.3 is 10.2 Å². The Bertz CT molecular complexity index is 530. The molecule has 108 valence electrons. The first-order chi connectivity index (χ1) is 9.49. The van der Waals surface area contributed by atoms with Crippen molar-refractivity contribution in [1.82, 2.24) is 10.2 Å². The Hall–Kier alpha value is -1.01. The second-order valence-corrected chi connectivity index (χ2v) is 6.26. The summed E-state index contributed by atoms with van der Waals surface area (Å²) < 4.78 is 0.689. The molecule has 2 amide bonds. The standard InChI is InChI=1S/C14H17BrN2O2S/c1-9(14(19)17-6-2-3-7-17)16-13(18)11-8-10(20)4-5-12(11)15/h4-5,8-9,20H,2-3,6-7H2,1H3,(H,16,18). The molecular weight excluding hydrogens is 340 g/mol. The number of nitrogens with zero attached hydrogens (tertiary/aromatic N) is 1. The molecule has 1 aliphatic heterocycles. The van der Waals surface area contributed by atoms with Gasteiger partial charge in [0, 0.05) is 22.5 Å². The van der Waals surface area contributed by atoms with Crippen molar-refractivity contribution in [1.29, 1.82) is 0 Å². The van der Waals surface area contributed by atoms with E-state index in [0.717, 1.165) is 25.9 Å². The summed E-state index contributed by atoms with van der Waals surface area (Å²) in [6.45, 7) is 3.29. The van der Waals surface area contributed by atoms with E-state index in [-0.39, 0.29) is 11.8 Å². The van der Waals surface area contributed by atoms with Crippen molar-refractivity contribution in [2.24, 2.45) is 0 Å². The molecule has 4 nitrogen and oxygen atoms in total. The molecule has 0 spiro atoms. The summed E-state index contributed by atoms with van der Waals surface area (Å²) >= 11 is 7.56. The molecule has 1 atom stereocenters. The molecule has 0 aliphatic carbocycles. The zero-order valence-corrected chi connectivity index (χ0v) is 13.7. The number of amides is 2. The van der Waals surface area contributed by atoms with Gasteiger partial charge in [0.15, 0.2) is 0 Å². The second-order valence-electron chi connectivity index (χ2n) is 4.89. The number of carbonyl (C=O) groups is 2. The Labute approximate surface area is 132 Å². The molecule has 1 fully saturated rings. The van der Waals surface area contributed by atoms with Crippen LogP contribution in [-0.4, -0.2) is 35.8 Å². The van der Waals surface area contributed by atoms with Gasteiger partial charge >= 0.3 is 0 Å². The highest BCUT2D eigenvalue weighted by Crippen LogP contribution is 2.20. The van der Waals surface area contributed by atoms with Crippen LogP contribution in [0, 0.1) is 0 Å². The monoisotopic (exact) mass is 356 g/mol. The summed E-state index contributed by atoms with van der Waals surface area (Å²) in [7, 11) is 0. The number of hydrogen-bond acceptors (Lipinski definition) is 3. The highest BCUT2D eigenvalue weighted by atomic mass is 79.9. The van der Waals surface area contributed by atoms with E-state index in [9.17, 15) is 9.59 Å². The van der Waals surface area contributed by atoms with Crippen molar-refractivity contribution >= 4 is 40.4 Å². The third kappa shape index (κ3) is 3.55. The molecule has 0 bridgehead atoms. The van der Waals surface area contributed by atoms with Crippen LogP contribution in [0.2, 0.25) is 0 Å². The molecule has 2 rings (SSSR count). The van der Waals surface area contributed by atoms with Gasteiger partial charge in [-0.1, -0.05) is 0 Å². The zero-order valence-electron chi connectivity index (χ0n) is 11.2. The minimum atomic E-state index is -0.518. The first kappa shape index (κ1) is 15.4. The van der Waals surface area contributed by atoms with Crippen LogP contribution >= 0.6 is 28.6 Å². The van der Waals surface area contributed by atoms with Crippen LogP contribution in [0.5, 0.6) is 0 Å². The quantitative estimate of drug-likeness (QED) is 0.817. The molecule has 1 aromatic rings. The Morgan fingerprint density at radius 1 is 1.35 bits per heavy atom. The largest absolute Gasteiger partial charge is 0.341 e. The lowest BCUT2D eigenvalue weighted by Gasteiger charge is -2.21. The number of hydrogen-bond donors (Lipinski definition) is 2. The van der Waals surface area contributed by atoms with E-state index >= 15 is 0 Å². The van der Waals surface area contributed by atoms with E-state index in [1.165, 1.54) is 0 Å².